The molecule has 0 spiro atoms. The molecule has 1 aliphatic rings. The first-order chi connectivity index (χ1) is 16.3. The number of benzene rings is 3. The molecular formula is C22H13ClF3N3O5S. The molecule has 1 heterocycles. The van der Waals surface area contributed by atoms with Crippen molar-refractivity contribution in [1.82, 2.24) is 0 Å². The van der Waals surface area contributed by atoms with Crippen LogP contribution < -0.4 is 10.0 Å². The maximum Gasteiger partial charge on any atom is 0.416 e. The van der Waals surface area contributed by atoms with Crippen molar-refractivity contribution in [2.75, 3.05) is 10.0 Å². The molecule has 4 rings (SSSR count). The number of nitro groups is 1. The molecule has 3 aromatic rings. The summed E-state index contributed by atoms with van der Waals surface area (Å²) in [5.41, 5.74) is -0.493. The van der Waals surface area contributed by atoms with Crippen LogP contribution in [0.2, 0.25) is 5.02 Å². The molecule has 0 unspecified atom stereocenters. The molecule has 8 nitrogen and oxygen atoms in total. The lowest BCUT2D eigenvalue weighted by Crippen LogP contribution is -2.13. The number of alkyl halides is 3. The number of hydrogen-bond acceptors (Lipinski definition) is 5. The molecule has 0 aliphatic carbocycles. The summed E-state index contributed by atoms with van der Waals surface area (Å²) in [4.78, 5) is 22.7. The highest BCUT2D eigenvalue weighted by atomic mass is 35.5. The monoisotopic (exact) mass is 523 g/mol. The second kappa shape index (κ2) is 8.71. The second-order valence-electron chi connectivity index (χ2n) is 7.37. The summed E-state index contributed by atoms with van der Waals surface area (Å²) < 4.78 is 66.1. The van der Waals surface area contributed by atoms with Crippen molar-refractivity contribution in [3.8, 4) is 0 Å². The van der Waals surface area contributed by atoms with Gasteiger partial charge in [-0.2, -0.15) is 13.2 Å². The highest BCUT2D eigenvalue weighted by Gasteiger charge is 2.30. The lowest BCUT2D eigenvalue weighted by molar-refractivity contribution is -0.384. The SMILES string of the molecule is O=C1Nc2ccc(S(=O)(=O)Nc3ccc(C(F)(F)F)cc3)cc2C1=Cc1ccc(Cl)c([N+](=O)[O-])c1. The Labute approximate surface area is 201 Å². The van der Waals surface area contributed by atoms with Gasteiger partial charge in [0.2, 0.25) is 0 Å². The number of carbonyl (C=O) groups is 1. The quantitative estimate of drug-likeness (QED) is 0.258. The van der Waals surface area contributed by atoms with Crippen molar-refractivity contribution in [1.29, 1.82) is 0 Å². The van der Waals surface area contributed by atoms with Gasteiger partial charge in [0.25, 0.3) is 21.6 Å². The fourth-order valence-electron chi connectivity index (χ4n) is 3.34. The van der Waals surface area contributed by atoms with Crippen LogP contribution in [0.15, 0.2) is 65.6 Å². The molecule has 2 N–H and O–H groups in total. The number of hydrogen-bond donors (Lipinski definition) is 2. The van der Waals surface area contributed by atoms with E-state index in [4.69, 9.17) is 11.6 Å². The minimum atomic E-state index is -4.57. The first-order valence-corrected chi connectivity index (χ1v) is 11.5. The zero-order valence-electron chi connectivity index (χ0n) is 17.3. The van der Waals surface area contributed by atoms with E-state index in [1.165, 1.54) is 42.5 Å². The number of halogens is 4. The zero-order chi connectivity index (χ0) is 25.5. The fourth-order valence-corrected chi connectivity index (χ4v) is 4.62. The number of amides is 1. The van der Waals surface area contributed by atoms with Crippen LogP contribution in [0.1, 0.15) is 16.7 Å². The molecular weight excluding hydrogens is 511 g/mol. The van der Waals surface area contributed by atoms with Gasteiger partial charge in [-0.3, -0.25) is 19.6 Å². The van der Waals surface area contributed by atoms with Gasteiger partial charge in [0, 0.05) is 28.6 Å². The zero-order valence-corrected chi connectivity index (χ0v) is 18.8. The van der Waals surface area contributed by atoms with E-state index in [0.717, 1.165) is 24.3 Å². The van der Waals surface area contributed by atoms with Crippen LogP contribution >= 0.6 is 11.6 Å². The highest BCUT2D eigenvalue weighted by Crippen LogP contribution is 2.36. The van der Waals surface area contributed by atoms with Crippen molar-refractivity contribution < 1.29 is 31.3 Å². The Morgan fingerprint density at radius 1 is 1.03 bits per heavy atom. The maximum atomic E-state index is 12.8. The molecule has 13 heteroatoms. The van der Waals surface area contributed by atoms with Crippen LogP contribution in [0, 0.1) is 10.1 Å². The van der Waals surface area contributed by atoms with Gasteiger partial charge in [-0.25, -0.2) is 8.42 Å². The Morgan fingerprint density at radius 2 is 1.71 bits per heavy atom. The number of nitrogens with zero attached hydrogens (tertiary/aromatic N) is 1. The van der Waals surface area contributed by atoms with E-state index in [0.29, 0.717) is 5.69 Å². The second-order valence-corrected chi connectivity index (χ2v) is 9.46. The minimum Gasteiger partial charge on any atom is -0.321 e. The van der Waals surface area contributed by atoms with E-state index >= 15 is 0 Å². The van der Waals surface area contributed by atoms with E-state index < -0.39 is 32.6 Å². The van der Waals surface area contributed by atoms with Crippen LogP contribution in [0.4, 0.5) is 30.2 Å². The van der Waals surface area contributed by atoms with Gasteiger partial charge in [0.15, 0.2) is 0 Å². The van der Waals surface area contributed by atoms with Crippen molar-refractivity contribution in [3.63, 3.8) is 0 Å². The average Bonchev–Trinajstić information content (AvgIpc) is 3.08. The van der Waals surface area contributed by atoms with Gasteiger partial charge in [0.05, 0.1) is 15.4 Å². The van der Waals surface area contributed by atoms with E-state index in [9.17, 15) is 36.5 Å². The lowest BCUT2D eigenvalue weighted by atomic mass is 10.0. The summed E-state index contributed by atoms with van der Waals surface area (Å²) in [6.07, 6.45) is -3.21. The Balaban J connectivity index is 1.68. The summed E-state index contributed by atoms with van der Waals surface area (Å²) in [7, 11) is -4.22. The number of rotatable bonds is 5. The first-order valence-electron chi connectivity index (χ1n) is 9.67. The van der Waals surface area contributed by atoms with Crippen LogP contribution in [0.3, 0.4) is 0 Å². The molecule has 180 valence electrons. The van der Waals surface area contributed by atoms with Crippen LogP contribution in [0.5, 0.6) is 0 Å². The van der Waals surface area contributed by atoms with Crippen LogP contribution in [0.25, 0.3) is 11.6 Å². The standard InChI is InChI=1S/C22H13ClF3N3O5S/c23-18-7-1-12(10-20(18)29(31)32)9-17-16-11-15(6-8-19(16)27-21(17)30)35(33,34)28-14-4-2-13(3-5-14)22(24,25)26/h1-11,28H,(H,27,30). The highest BCUT2D eigenvalue weighted by molar-refractivity contribution is 7.92. The predicted molar refractivity (Wildman–Crippen MR) is 123 cm³/mol. The molecule has 0 saturated carbocycles. The summed E-state index contributed by atoms with van der Waals surface area (Å²) in [6, 6.07) is 11.2. The van der Waals surface area contributed by atoms with Crippen molar-refractivity contribution >= 4 is 56.2 Å². The molecule has 1 amide bonds. The van der Waals surface area contributed by atoms with Gasteiger partial charge < -0.3 is 5.32 Å². The maximum absolute atomic E-state index is 12.8. The third-order valence-corrected chi connectivity index (χ3v) is 6.73. The fraction of sp³-hybridized carbons (Fsp3) is 0.0455. The summed E-state index contributed by atoms with van der Waals surface area (Å²) >= 11 is 5.81. The van der Waals surface area contributed by atoms with Crippen molar-refractivity contribution in [3.05, 3.63) is 92.5 Å². The number of nitro benzene ring substituents is 1. The van der Waals surface area contributed by atoms with Gasteiger partial charge in [-0.15, -0.1) is 0 Å². The molecule has 0 atom stereocenters. The van der Waals surface area contributed by atoms with Crippen molar-refractivity contribution in [2.45, 2.75) is 11.1 Å². The Kier molecular flexibility index (Phi) is 6.03. The van der Waals surface area contributed by atoms with Gasteiger partial charge in [-0.1, -0.05) is 17.7 Å². The molecule has 35 heavy (non-hydrogen) atoms. The first kappa shape index (κ1) is 24.2. The minimum absolute atomic E-state index is 0.0585. The molecule has 0 bridgehead atoms. The summed E-state index contributed by atoms with van der Waals surface area (Å²) in [5.74, 6) is -0.553. The van der Waals surface area contributed by atoms with Gasteiger partial charge >= 0.3 is 6.18 Å². The van der Waals surface area contributed by atoms with Gasteiger partial charge in [-0.05, 0) is 60.2 Å². The Morgan fingerprint density at radius 3 is 2.34 bits per heavy atom. The molecule has 0 saturated heterocycles. The number of nitrogens with one attached hydrogen (secondary N) is 2. The Bertz CT molecular complexity index is 1500. The smallest absolute Gasteiger partial charge is 0.321 e. The van der Waals surface area contributed by atoms with Crippen LogP contribution in [-0.2, 0) is 21.0 Å². The normalized spacial score (nSPS) is 14.5. The number of carbonyl (C=O) groups excluding carboxylic acids is 1. The third kappa shape index (κ3) is 4.98. The topological polar surface area (TPSA) is 118 Å². The third-order valence-electron chi connectivity index (χ3n) is 5.03. The number of anilines is 2. The van der Waals surface area contributed by atoms with E-state index in [1.54, 1.807) is 0 Å². The summed E-state index contributed by atoms with van der Waals surface area (Å²) in [5, 5.41) is 13.6. The van der Waals surface area contributed by atoms with Crippen molar-refractivity contribution in [2.24, 2.45) is 0 Å². The molecule has 0 radical (unpaired) electrons. The Hall–Kier alpha value is -3.90. The lowest BCUT2D eigenvalue weighted by Gasteiger charge is -2.11. The number of sulfonamides is 1. The van der Waals surface area contributed by atoms with E-state index in [1.807, 2.05) is 0 Å². The van der Waals surface area contributed by atoms with E-state index in [-0.39, 0.29) is 38.0 Å². The molecule has 1 aliphatic heterocycles. The molecule has 3 aromatic carbocycles. The number of fused-ring (bicyclic) bond motifs is 1. The average molecular weight is 524 g/mol. The molecule has 0 fully saturated rings. The predicted octanol–water partition coefficient (Wildman–Crippen LogP) is 5.56. The van der Waals surface area contributed by atoms with E-state index in [2.05, 4.69) is 10.0 Å². The summed E-state index contributed by atoms with van der Waals surface area (Å²) in [6.45, 7) is 0. The molecule has 0 aromatic heterocycles. The van der Waals surface area contributed by atoms with Crippen LogP contribution in [-0.4, -0.2) is 19.2 Å². The van der Waals surface area contributed by atoms with Gasteiger partial charge in [0.1, 0.15) is 5.02 Å². The largest absolute Gasteiger partial charge is 0.416 e.